The van der Waals surface area contributed by atoms with E-state index in [1.807, 2.05) is 31.2 Å². The summed E-state index contributed by atoms with van der Waals surface area (Å²) in [6.45, 7) is 1.92. The molecule has 2 rings (SSSR count). The van der Waals surface area contributed by atoms with Gasteiger partial charge in [-0.15, -0.1) is 0 Å². The predicted octanol–water partition coefficient (Wildman–Crippen LogP) is 3.37. The Labute approximate surface area is 106 Å². The van der Waals surface area contributed by atoms with Gasteiger partial charge in [0.2, 0.25) is 0 Å². The van der Waals surface area contributed by atoms with Crippen LogP contribution in [-0.4, -0.2) is 0 Å². The Morgan fingerprint density at radius 1 is 1.11 bits per heavy atom. The van der Waals surface area contributed by atoms with E-state index in [2.05, 4.69) is 6.07 Å². The fraction of sp³-hybridized carbons (Fsp3) is 0.133. The van der Waals surface area contributed by atoms with Gasteiger partial charge in [-0.2, -0.15) is 5.26 Å². The Kier molecular flexibility index (Phi) is 3.61. The van der Waals surface area contributed by atoms with E-state index in [9.17, 15) is 0 Å². The Bertz CT molecular complexity index is 568. The lowest BCUT2D eigenvalue weighted by molar-refractivity contribution is 0.472. The van der Waals surface area contributed by atoms with Crippen LogP contribution in [0.25, 0.3) is 0 Å². The Balaban J connectivity index is 2.26. The summed E-state index contributed by atoms with van der Waals surface area (Å²) in [5, 5.41) is 8.73. The van der Waals surface area contributed by atoms with E-state index < -0.39 is 0 Å². The molecule has 0 aromatic heterocycles. The summed E-state index contributed by atoms with van der Waals surface area (Å²) in [4.78, 5) is 0. The maximum Gasteiger partial charge on any atom is 0.132 e. The van der Waals surface area contributed by atoms with Crippen molar-refractivity contribution < 1.29 is 4.74 Å². The molecule has 0 saturated carbocycles. The standard InChI is InChI=1S/C15H14N2O/c1-11(17)14-4-2-3-5-15(14)18-13-8-6-12(10-16)7-9-13/h2-9,11H,17H2,1H3. The molecule has 2 N–H and O–H groups in total. The minimum Gasteiger partial charge on any atom is -0.457 e. The van der Waals surface area contributed by atoms with E-state index >= 15 is 0 Å². The molecule has 1 atom stereocenters. The molecular weight excluding hydrogens is 224 g/mol. The second-order valence-corrected chi connectivity index (χ2v) is 4.06. The van der Waals surface area contributed by atoms with Crippen molar-refractivity contribution >= 4 is 0 Å². The zero-order valence-electron chi connectivity index (χ0n) is 10.1. The fourth-order valence-corrected chi connectivity index (χ4v) is 1.67. The molecule has 0 spiro atoms. The summed E-state index contributed by atoms with van der Waals surface area (Å²) in [6, 6.07) is 16.7. The van der Waals surface area contributed by atoms with Gasteiger partial charge in [0.05, 0.1) is 11.6 Å². The van der Waals surface area contributed by atoms with E-state index in [0.717, 1.165) is 11.3 Å². The van der Waals surface area contributed by atoms with Crippen LogP contribution < -0.4 is 10.5 Å². The second-order valence-electron chi connectivity index (χ2n) is 4.06. The van der Waals surface area contributed by atoms with Crippen LogP contribution in [0.3, 0.4) is 0 Å². The van der Waals surface area contributed by atoms with Crippen molar-refractivity contribution in [2.24, 2.45) is 5.73 Å². The zero-order chi connectivity index (χ0) is 13.0. The summed E-state index contributed by atoms with van der Waals surface area (Å²) in [6.07, 6.45) is 0. The first-order valence-corrected chi connectivity index (χ1v) is 5.73. The van der Waals surface area contributed by atoms with Gasteiger partial charge in [0.1, 0.15) is 11.5 Å². The number of hydrogen-bond acceptors (Lipinski definition) is 3. The molecule has 2 aromatic carbocycles. The first kappa shape index (κ1) is 12.2. The molecule has 3 nitrogen and oxygen atoms in total. The summed E-state index contributed by atoms with van der Waals surface area (Å²) in [5.41, 5.74) is 7.46. The number of nitrogens with two attached hydrogens (primary N) is 1. The number of nitriles is 1. The average Bonchev–Trinajstić information content (AvgIpc) is 2.40. The van der Waals surface area contributed by atoms with Crippen LogP contribution in [0.4, 0.5) is 0 Å². The van der Waals surface area contributed by atoms with Gasteiger partial charge in [-0.3, -0.25) is 0 Å². The van der Waals surface area contributed by atoms with Crippen molar-refractivity contribution in [3.8, 4) is 17.6 Å². The van der Waals surface area contributed by atoms with Gasteiger partial charge in [0.15, 0.2) is 0 Å². The third-order valence-electron chi connectivity index (χ3n) is 2.62. The van der Waals surface area contributed by atoms with Gasteiger partial charge in [-0.05, 0) is 37.3 Å². The SMILES string of the molecule is CC(N)c1ccccc1Oc1ccc(C#N)cc1. The minimum absolute atomic E-state index is 0.0837. The van der Waals surface area contributed by atoms with Gasteiger partial charge < -0.3 is 10.5 Å². The molecule has 0 bridgehead atoms. The molecule has 90 valence electrons. The third kappa shape index (κ3) is 2.68. The number of ether oxygens (including phenoxy) is 1. The minimum atomic E-state index is -0.0837. The van der Waals surface area contributed by atoms with Crippen LogP contribution in [0.2, 0.25) is 0 Å². The molecule has 3 heteroatoms. The topological polar surface area (TPSA) is 59.0 Å². The lowest BCUT2D eigenvalue weighted by Gasteiger charge is -2.13. The van der Waals surface area contributed by atoms with E-state index in [1.165, 1.54) is 0 Å². The Hall–Kier alpha value is -2.31. The quantitative estimate of drug-likeness (QED) is 0.891. The van der Waals surface area contributed by atoms with E-state index in [-0.39, 0.29) is 6.04 Å². The van der Waals surface area contributed by atoms with Crippen LogP contribution in [0.15, 0.2) is 48.5 Å². The summed E-state index contributed by atoms with van der Waals surface area (Å²) in [7, 11) is 0. The zero-order valence-corrected chi connectivity index (χ0v) is 10.1. The Morgan fingerprint density at radius 3 is 2.39 bits per heavy atom. The molecule has 0 saturated heterocycles. The molecule has 0 fully saturated rings. The summed E-state index contributed by atoms with van der Waals surface area (Å²) >= 11 is 0. The third-order valence-corrected chi connectivity index (χ3v) is 2.62. The van der Waals surface area contributed by atoms with Crippen LogP contribution >= 0.6 is 0 Å². The Morgan fingerprint density at radius 2 is 1.78 bits per heavy atom. The van der Waals surface area contributed by atoms with Crippen molar-refractivity contribution in [3.05, 3.63) is 59.7 Å². The highest BCUT2D eigenvalue weighted by Crippen LogP contribution is 2.28. The van der Waals surface area contributed by atoms with E-state index in [1.54, 1.807) is 24.3 Å². The van der Waals surface area contributed by atoms with Crippen molar-refractivity contribution in [1.82, 2.24) is 0 Å². The van der Waals surface area contributed by atoms with Crippen LogP contribution in [0.1, 0.15) is 24.1 Å². The summed E-state index contributed by atoms with van der Waals surface area (Å²) in [5.74, 6) is 1.44. The first-order valence-electron chi connectivity index (χ1n) is 5.73. The molecule has 1 unspecified atom stereocenters. The second kappa shape index (κ2) is 5.35. The van der Waals surface area contributed by atoms with Crippen molar-refractivity contribution in [3.63, 3.8) is 0 Å². The van der Waals surface area contributed by atoms with E-state index in [0.29, 0.717) is 11.3 Å². The van der Waals surface area contributed by atoms with Gasteiger partial charge in [-0.25, -0.2) is 0 Å². The highest BCUT2D eigenvalue weighted by Gasteiger charge is 2.07. The highest BCUT2D eigenvalue weighted by molar-refractivity contribution is 5.41. The van der Waals surface area contributed by atoms with Crippen molar-refractivity contribution in [1.29, 1.82) is 5.26 Å². The number of rotatable bonds is 3. The molecule has 2 aromatic rings. The van der Waals surface area contributed by atoms with Crippen LogP contribution in [-0.2, 0) is 0 Å². The molecule has 0 radical (unpaired) electrons. The molecule has 0 heterocycles. The fourth-order valence-electron chi connectivity index (χ4n) is 1.67. The molecular formula is C15H14N2O. The first-order chi connectivity index (χ1) is 8.70. The van der Waals surface area contributed by atoms with Crippen molar-refractivity contribution in [2.45, 2.75) is 13.0 Å². The molecule has 0 amide bonds. The summed E-state index contributed by atoms with van der Waals surface area (Å²) < 4.78 is 5.78. The molecule has 0 aliphatic carbocycles. The lowest BCUT2D eigenvalue weighted by atomic mass is 10.1. The molecule has 0 aliphatic heterocycles. The number of hydrogen-bond donors (Lipinski definition) is 1. The van der Waals surface area contributed by atoms with Crippen LogP contribution in [0.5, 0.6) is 11.5 Å². The number of benzene rings is 2. The predicted molar refractivity (Wildman–Crippen MR) is 70.3 cm³/mol. The van der Waals surface area contributed by atoms with Gasteiger partial charge >= 0.3 is 0 Å². The number of nitrogens with zero attached hydrogens (tertiary/aromatic N) is 1. The monoisotopic (exact) mass is 238 g/mol. The van der Waals surface area contributed by atoms with Gasteiger partial charge in [0, 0.05) is 11.6 Å². The lowest BCUT2D eigenvalue weighted by Crippen LogP contribution is -2.06. The van der Waals surface area contributed by atoms with E-state index in [4.69, 9.17) is 15.7 Å². The smallest absolute Gasteiger partial charge is 0.132 e. The molecule has 18 heavy (non-hydrogen) atoms. The van der Waals surface area contributed by atoms with Gasteiger partial charge in [0.25, 0.3) is 0 Å². The largest absolute Gasteiger partial charge is 0.457 e. The number of para-hydroxylation sites is 1. The maximum absolute atomic E-state index is 8.73. The normalized spacial score (nSPS) is 11.6. The molecule has 0 aliphatic rings. The average molecular weight is 238 g/mol. The van der Waals surface area contributed by atoms with Crippen LogP contribution in [0, 0.1) is 11.3 Å². The highest BCUT2D eigenvalue weighted by atomic mass is 16.5. The maximum atomic E-state index is 8.73. The van der Waals surface area contributed by atoms with Crippen molar-refractivity contribution in [2.75, 3.05) is 0 Å². The van der Waals surface area contributed by atoms with Gasteiger partial charge in [-0.1, -0.05) is 18.2 Å².